The summed E-state index contributed by atoms with van der Waals surface area (Å²) in [5.41, 5.74) is 1.01. The Morgan fingerprint density at radius 1 is 1.15 bits per heavy atom. The number of piperidine rings is 1. The Morgan fingerprint density at radius 3 is 2.39 bits per heavy atom. The summed E-state index contributed by atoms with van der Waals surface area (Å²) < 4.78 is 30.2. The summed E-state index contributed by atoms with van der Waals surface area (Å²) in [6.07, 6.45) is 5.80. The number of nitrogens with one attached hydrogen (secondary N) is 2. The number of benzene rings is 1. The van der Waals surface area contributed by atoms with Crippen LogP contribution < -0.4 is 10.6 Å². The van der Waals surface area contributed by atoms with Crippen LogP contribution in [0.1, 0.15) is 84.1 Å². The first-order valence-corrected chi connectivity index (χ1v) is 12.9. The Kier molecular flexibility index (Phi) is 11.6. The van der Waals surface area contributed by atoms with Crippen molar-refractivity contribution in [2.75, 3.05) is 32.0 Å². The minimum Gasteiger partial charge on any atom is -0.374 e. The fraction of sp³-hybridized carbons (Fsp3) is 0.741. The summed E-state index contributed by atoms with van der Waals surface area (Å²) in [4.78, 5) is 14.5. The smallest absolute Gasteiger partial charge is 0.242 e. The number of alkyl halides is 1. The molecule has 1 saturated heterocycles. The van der Waals surface area contributed by atoms with E-state index in [4.69, 9.17) is 0 Å². The van der Waals surface area contributed by atoms with E-state index in [1.807, 2.05) is 0 Å². The number of hydrogen-bond acceptors (Lipinski definition) is 3. The van der Waals surface area contributed by atoms with Gasteiger partial charge in [-0.05, 0) is 68.2 Å². The average molecular weight is 466 g/mol. The molecule has 1 aliphatic rings. The van der Waals surface area contributed by atoms with Crippen molar-refractivity contribution in [3.63, 3.8) is 0 Å². The van der Waals surface area contributed by atoms with Crippen LogP contribution in [0.5, 0.6) is 0 Å². The number of likely N-dealkylation sites (N-methyl/N-ethyl adjacent to an activating group) is 1. The molecule has 1 aromatic rings. The second kappa shape index (κ2) is 13.9. The number of nitrogens with zero attached hydrogens (tertiary/aromatic N) is 1. The van der Waals surface area contributed by atoms with Crippen LogP contribution in [0.4, 0.5) is 14.5 Å². The Morgan fingerprint density at radius 2 is 1.85 bits per heavy atom. The number of likely N-dealkylation sites (tertiary alicyclic amines) is 1. The monoisotopic (exact) mass is 465 g/mol. The number of amides is 1. The minimum absolute atomic E-state index is 0.110. The van der Waals surface area contributed by atoms with Crippen LogP contribution in [0, 0.1) is 17.7 Å². The molecule has 0 aliphatic carbocycles. The third-order valence-electron chi connectivity index (χ3n) is 6.87. The average Bonchev–Trinajstić information content (AvgIpc) is 2.77. The molecule has 4 nitrogen and oxygen atoms in total. The summed E-state index contributed by atoms with van der Waals surface area (Å²) in [7, 11) is 1.61. The molecule has 1 aliphatic heterocycles. The Balaban J connectivity index is 2.02. The molecule has 1 amide bonds. The van der Waals surface area contributed by atoms with Crippen molar-refractivity contribution >= 4 is 11.6 Å². The van der Waals surface area contributed by atoms with Crippen LogP contribution in [0.2, 0.25) is 0 Å². The van der Waals surface area contributed by atoms with Crippen molar-refractivity contribution in [1.82, 2.24) is 10.2 Å². The summed E-state index contributed by atoms with van der Waals surface area (Å²) >= 11 is 0. The number of anilines is 1. The van der Waals surface area contributed by atoms with E-state index in [1.165, 1.54) is 18.9 Å². The maximum atomic E-state index is 15.1. The van der Waals surface area contributed by atoms with Gasteiger partial charge in [0.1, 0.15) is 18.0 Å². The van der Waals surface area contributed by atoms with Gasteiger partial charge in [0.15, 0.2) is 0 Å². The lowest BCUT2D eigenvalue weighted by atomic mass is 9.86. The van der Waals surface area contributed by atoms with Crippen molar-refractivity contribution in [2.24, 2.45) is 11.8 Å². The van der Waals surface area contributed by atoms with Gasteiger partial charge in [0.25, 0.3) is 0 Å². The zero-order valence-corrected chi connectivity index (χ0v) is 21.3. The molecule has 33 heavy (non-hydrogen) atoms. The maximum absolute atomic E-state index is 15.1. The molecule has 0 aromatic heterocycles. The van der Waals surface area contributed by atoms with Crippen molar-refractivity contribution in [3.05, 3.63) is 29.6 Å². The standard InChI is InChI=1S/C27H45F2N3O/c1-6-8-20(9-7-2)17-32-15-14-23(25(29)18-32)22-12-11-21(16-24(22)28)31-26(27(33)30-5)13-10-19(3)4/h11-12,16,19-20,23,25-26,31H,6-10,13-15,17-18H2,1-5H3,(H,30,33). The molecule has 0 spiro atoms. The topological polar surface area (TPSA) is 44.4 Å². The summed E-state index contributed by atoms with van der Waals surface area (Å²) in [6, 6.07) is 4.48. The highest BCUT2D eigenvalue weighted by Crippen LogP contribution is 2.34. The summed E-state index contributed by atoms with van der Waals surface area (Å²) in [5, 5.41) is 5.84. The van der Waals surface area contributed by atoms with Gasteiger partial charge < -0.3 is 15.5 Å². The fourth-order valence-electron chi connectivity index (χ4n) is 5.05. The Labute approximate surface area is 199 Å². The summed E-state index contributed by atoms with van der Waals surface area (Å²) in [5.74, 6) is 0.178. The maximum Gasteiger partial charge on any atom is 0.242 e. The second-order valence-electron chi connectivity index (χ2n) is 10.1. The third kappa shape index (κ3) is 8.55. The van der Waals surface area contributed by atoms with Crippen LogP contribution >= 0.6 is 0 Å². The van der Waals surface area contributed by atoms with Gasteiger partial charge in [-0.1, -0.05) is 46.6 Å². The normalized spacial score (nSPS) is 20.3. The van der Waals surface area contributed by atoms with E-state index >= 15 is 8.78 Å². The largest absolute Gasteiger partial charge is 0.374 e. The lowest BCUT2D eigenvalue weighted by Crippen LogP contribution is -2.43. The van der Waals surface area contributed by atoms with E-state index in [0.717, 1.165) is 32.4 Å². The van der Waals surface area contributed by atoms with Crippen LogP contribution in [0.15, 0.2) is 18.2 Å². The van der Waals surface area contributed by atoms with Gasteiger partial charge in [0, 0.05) is 31.7 Å². The molecule has 0 radical (unpaired) electrons. The highest BCUT2D eigenvalue weighted by atomic mass is 19.1. The van der Waals surface area contributed by atoms with Crippen molar-refractivity contribution in [2.45, 2.75) is 90.8 Å². The van der Waals surface area contributed by atoms with Gasteiger partial charge in [-0.25, -0.2) is 8.78 Å². The quantitative estimate of drug-likeness (QED) is 0.368. The summed E-state index contributed by atoms with van der Waals surface area (Å²) in [6.45, 7) is 10.8. The number of carbonyl (C=O) groups is 1. The second-order valence-corrected chi connectivity index (χ2v) is 10.1. The Hall–Kier alpha value is -1.69. The van der Waals surface area contributed by atoms with Crippen LogP contribution in [-0.4, -0.2) is 49.7 Å². The molecule has 2 rings (SSSR count). The molecule has 0 saturated carbocycles. The van der Waals surface area contributed by atoms with E-state index in [1.54, 1.807) is 19.2 Å². The molecule has 1 heterocycles. The van der Waals surface area contributed by atoms with E-state index < -0.39 is 23.9 Å². The van der Waals surface area contributed by atoms with Gasteiger partial charge >= 0.3 is 0 Å². The predicted molar refractivity (Wildman–Crippen MR) is 134 cm³/mol. The zero-order valence-electron chi connectivity index (χ0n) is 21.3. The molecule has 3 unspecified atom stereocenters. The molecule has 3 atom stereocenters. The van der Waals surface area contributed by atoms with Crippen LogP contribution in [0.3, 0.4) is 0 Å². The molecular formula is C27H45F2N3O. The first-order valence-electron chi connectivity index (χ1n) is 12.9. The van der Waals surface area contributed by atoms with Gasteiger partial charge in [0.2, 0.25) is 5.91 Å². The first-order chi connectivity index (χ1) is 15.8. The van der Waals surface area contributed by atoms with Crippen LogP contribution in [0.25, 0.3) is 0 Å². The molecule has 6 heteroatoms. The Bertz CT molecular complexity index is 721. The SMILES string of the molecule is CCCC(CCC)CN1CCC(c2ccc(NC(CCC(C)C)C(=O)NC)cc2F)C(F)C1. The lowest BCUT2D eigenvalue weighted by molar-refractivity contribution is -0.121. The lowest BCUT2D eigenvalue weighted by Gasteiger charge is -2.37. The number of rotatable bonds is 13. The van der Waals surface area contributed by atoms with Gasteiger partial charge in [-0.3, -0.25) is 4.79 Å². The molecule has 1 aromatic carbocycles. The molecular weight excluding hydrogens is 420 g/mol. The zero-order chi connectivity index (χ0) is 24.4. The van der Waals surface area contributed by atoms with Gasteiger partial charge in [-0.15, -0.1) is 0 Å². The van der Waals surface area contributed by atoms with Crippen molar-refractivity contribution < 1.29 is 13.6 Å². The van der Waals surface area contributed by atoms with Gasteiger partial charge in [-0.2, -0.15) is 0 Å². The van der Waals surface area contributed by atoms with E-state index in [0.29, 0.717) is 42.5 Å². The molecule has 2 N–H and O–H groups in total. The highest BCUT2D eigenvalue weighted by Gasteiger charge is 2.33. The molecule has 1 fully saturated rings. The number of hydrogen-bond donors (Lipinski definition) is 2. The minimum atomic E-state index is -1.07. The highest BCUT2D eigenvalue weighted by molar-refractivity contribution is 5.84. The van der Waals surface area contributed by atoms with Crippen molar-refractivity contribution in [3.8, 4) is 0 Å². The van der Waals surface area contributed by atoms with E-state index in [-0.39, 0.29) is 5.91 Å². The number of carbonyl (C=O) groups excluding carboxylic acids is 1. The van der Waals surface area contributed by atoms with Crippen molar-refractivity contribution in [1.29, 1.82) is 0 Å². The molecule has 0 bridgehead atoms. The van der Waals surface area contributed by atoms with Crippen LogP contribution in [-0.2, 0) is 4.79 Å². The number of halogens is 2. The fourth-order valence-corrected chi connectivity index (χ4v) is 5.05. The predicted octanol–water partition coefficient (Wildman–Crippen LogP) is 6.13. The third-order valence-corrected chi connectivity index (χ3v) is 6.87. The first kappa shape index (κ1) is 27.6. The van der Waals surface area contributed by atoms with E-state index in [2.05, 4.69) is 43.2 Å². The van der Waals surface area contributed by atoms with E-state index in [9.17, 15) is 4.79 Å². The van der Waals surface area contributed by atoms with Gasteiger partial charge in [0.05, 0.1) is 0 Å². The molecule has 188 valence electrons.